The molecule has 2 unspecified atom stereocenters. The number of likely N-dealkylation sites (N-methyl/N-ethyl adjacent to an activating group) is 1. The molecule has 2 rings (SSSR count). The third-order valence-electron chi connectivity index (χ3n) is 3.85. The van der Waals surface area contributed by atoms with Crippen molar-refractivity contribution < 1.29 is 4.39 Å². The van der Waals surface area contributed by atoms with Gasteiger partial charge in [-0.05, 0) is 46.0 Å². The molecule has 106 valence electrons. The summed E-state index contributed by atoms with van der Waals surface area (Å²) < 4.78 is 14.0. The van der Waals surface area contributed by atoms with Crippen molar-refractivity contribution in [1.82, 2.24) is 4.90 Å². The molecule has 0 radical (unpaired) electrons. The number of nitrogens with two attached hydrogens (primary N) is 1. The van der Waals surface area contributed by atoms with E-state index in [2.05, 4.69) is 23.9 Å². The van der Waals surface area contributed by atoms with Crippen molar-refractivity contribution in [3.05, 3.63) is 29.6 Å². The van der Waals surface area contributed by atoms with Gasteiger partial charge in [0.2, 0.25) is 0 Å². The maximum absolute atomic E-state index is 14.0. The SMILES string of the molecule is CC(N)Cc1c(F)cccc1N1CCC(N(C)C)C1. The predicted molar refractivity (Wildman–Crippen MR) is 78.1 cm³/mol. The second-order valence-electron chi connectivity index (χ2n) is 5.77. The fourth-order valence-electron chi connectivity index (χ4n) is 2.75. The second-order valence-corrected chi connectivity index (χ2v) is 5.77. The van der Waals surface area contributed by atoms with Crippen molar-refractivity contribution in [1.29, 1.82) is 0 Å². The zero-order chi connectivity index (χ0) is 14.0. The summed E-state index contributed by atoms with van der Waals surface area (Å²) in [6.07, 6.45) is 1.71. The van der Waals surface area contributed by atoms with Crippen LogP contribution in [0.5, 0.6) is 0 Å². The van der Waals surface area contributed by atoms with E-state index >= 15 is 0 Å². The fraction of sp³-hybridized carbons (Fsp3) is 0.600. The van der Waals surface area contributed by atoms with E-state index in [1.54, 1.807) is 6.07 Å². The van der Waals surface area contributed by atoms with E-state index in [1.807, 2.05) is 13.0 Å². The minimum atomic E-state index is -0.136. The zero-order valence-electron chi connectivity index (χ0n) is 12.1. The minimum Gasteiger partial charge on any atom is -0.370 e. The lowest BCUT2D eigenvalue weighted by Crippen LogP contribution is -2.32. The van der Waals surface area contributed by atoms with Gasteiger partial charge >= 0.3 is 0 Å². The summed E-state index contributed by atoms with van der Waals surface area (Å²) in [6, 6.07) is 5.85. The molecule has 0 bridgehead atoms. The van der Waals surface area contributed by atoms with Crippen molar-refractivity contribution >= 4 is 5.69 Å². The van der Waals surface area contributed by atoms with Crippen LogP contribution in [0.2, 0.25) is 0 Å². The molecule has 1 aromatic rings. The van der Waals surface area contributed by atoms with Gasteiger partial charge in [0.1, 0.15) is 5.82 Å². The summed E-state index contributed by atoms with van der Waals surface area (Å²) in [7, 11) is 4.20. The average Bonchev–Trinajstić information content (AvgIpc) is 2.80. The predicted octanol–water partition coefficient (Wildman–Crippen LogP) is 1.86. The van der Waals surface area contributed by atoms with Crippen molar-refractivity contribution in [3.8, 4) is 0 Å². The van der Waals surface area contributed by atoms with Gasteiger partial charge in [0.05, 0.1) is 0 Å². The summed E-state index contributed by atoms with van der Waals surface area (Å²) in [5.74, 6) is -0.136. The van der Waals surface area contributed by atoms with E-state index in [0.29, 0.717) is 12.5 Å². The number of hydrogen-bond acceptors (Lipinski definition) is 3. The lowest BCUT2D eigenvalue weighted by atomic mass is 10.0. The molecule has 1 fully saturated rings. The van der Waals surface area contributed by atoms with Gasteiger partial charge in [0, 0.05) is 36.4 Å². The first-order valence-electron chi connectivity index (χ1n) is 6.93. The molecule has 0 amide bonds. The van der Waals surface area contributed by atoms with E-state index in [0.717, 1.165) is 30.8 Å². The molecular formula is C15H24FN3. The average molecular weight is 265 g/mol. The van der Waals surface area contributed by atoms with E-state index in [-0.39, 0.29) is 11.9 Å². The summed E-state index contributed by atoms with van der Waals surface area (Å²) in [5, 5.41) is 0. The number of benzene rings is 1. The highest BCUT2D eigenvalue weighted by Gasteiger charge is 2.26. The van der Waals surface area contributed by atoms with Gasteiger partial charge in [-0.15, -0.1) is 0 Å². The molecule has 4 heteroatoms. The Bertz CT molecular complexity index is 431. The molecule has 1 aromatic carbocycles. The van der Waals surface area contributed by atoms with E-state index in [9.17, 15) is 4.39 Å². The van der Waals surface area contributed by atoms with Crippen LogP contribution in [0.25, 0.3) is 0 Å². The van der Waals surface area contributed by atoms with Crippen molar-refractivity contribution in [2.24, 2.45) is 5.73 Å². The van der Waals surface area contributed by atoms with Crippen LogP contribution < -0.4 is 10.6 Å². The monoisotopic (exact) mass is 265 g/mol. The lowest BCUT2D eigenvalue weighted by molar-refractivity contribution is 0.315. The summed E-state index contributed by atoms with van der Waals surface area (Å²) in [5.41, 5.74) is 7.62. The number of rotatable bonds is 4. The molecule has 1 aliphatic heterocycles. The third-order valence-corrected chi connectivity index (χ3v) is 3.85. The van der Waals surface area contributed by atoms with Crippen molar-refractivity contribution in [3.63, 3.8) is 0 Å². The highest BCUT2D eigenvalue weighted by molar-refractivity contribution is 5.55. The number of nitrogens with zero attached hydrogens (tertiary/aromatic N) is 2. The molecule has 2 N–H and O–H groups in total. The Morgan fingerprint density at radius 1 is 1.47 bits per heavy atom. The fourth-order valence-corrected chi connectivity index (χ4v) is 2.75. The minimum absolute atomic E-state index is 0.0251. The first-order chi connectivity index (χ1) is 8.99. The highest BCUT2D eigenvalue weighted by atomic mass is 19.1. The van der Waals surface area contributed by atoms with Crippen LogP contribution in [0.1, 0.15) is 18.9 Å². The maximum atomic E-state index is 14.0. The molecule has 0 aliphatic carbocycles. The van der Waals surface area contributed by atoms with Crippen LogP contribution >= 0.6 is 0 Å². The number of halogens is 1. The molecule has 0 saturated carbocycles. The largest absolute Gasteiger partial charge is 0.370 e. The zero-order valence-corrected chi connectivity index (χ0v) is 12.1. The summed E-state index contributed by atoms with van der Waals surface area (Å²) in [4.78, 5) is 4.52. The lowest BCUT2D eigenvalue weighted by Gasteiger charge is -2.24. The Hall–Kier alpha value is -1.13. The Morgan fingerprint density at radius 3 is 2.79 bits per heavy atom. The molecular weight excluding hydrogens is 241 g/mol. The van der Waals surface area contributed by atoms with E-state index in [1.165, 1.54) is 6.07 Å². The topological polar surface area (TPSA) is 32.5 Å². The molecule has 19 heavy (non-hydrogen) atoms. The van der Waals surface area contributed by atoms with Crippen LogP contribution in [0.3, 0.4) is 0 Å². The van der Waals surface area contributed by atoms with E-state index in [4.69, 9.17) is 5.73 Å². The molecule has 3 nitrogen and oxygen atoms in total. The molecule has 1 aliphatic rings. The molecule has 0 aromatic heterocycles. The first kappa shape index (κ1) is 14.3. The van der Waals surface area contributed by atoms with Crippen molar-refractivity contribution in [2.45, 2.75) is 31.8 Å². The number of hydrogen-bond donors (Lipinski definition) is 1. The smallest absolute Gasteiger partial charge is 0.128 e. The molecule has 0 spiro atoms. The van der Waals surface area contributed by atoms with Gasteiger partial charge in [-0.1, -0.05) is 6.07 Å². The van der Waals surface area contributed by atoms with Crippen LogP contribution in [0.15, 0.2) is 18.2 Å². The molecule has 1 heterocycles. The first-order valence-corrected chi connectivity index (χ1v) is 6.93. The third kappa shape index (κ3) is 3.25. The normalized spacial score (nSPS) is 21.2. The van der Waals surface area contributed by atoms with E-state index < -0.39 is 0 Å². The maximum Gasteiger partial charge on any atom is 0.128 e. The Balaban J connectivity index is 2.23. The summed E-state index contributed by atoms with van der Waals surface area (Å²) in [6.45, 7) is 3.86. The van der Waals surface area contributed by atoms with Crippen LogP contribution in [-0.4, -0.2) is 44.2 Å². The van der Waals surface area contributed by atoms with Gasteiger partial charge in [0.25, 0.3) is 0 Å². The van der Waals surface area contributed by atoms with Crippen LogP contribution in [0.4, 0.5) is 10.1 Å². The second kappa shape index (κ2) is 5.88. The van der Waals surface area contributed by atoms with Gasteiger partial charge in [-0.2, -0.15) is 0 Å². The van der Waals surface area contributed by atoms with Gasteiger partial charge in [-0.25, -0.2) is 4.39 Å². The van der Waals surface area contributed by atoms with Crippen LogP contribution in [-0.2, 0) is 6.42 Å². The Labute approximate surface area is 115 Å². The Kier molecular flexibility index (Phi) is 4.42. The van der Waals surface area contributed by atoms with Gasteiger partial charge < -0.3 is 15.5 Å². The molecule has 1 saturated heterocycles. The highest BCUT2D eigenvalue weighted by Crippen LogP contribution is 2.28. The standard InChI is InChI=1S/C15H24FN3/c1-11(17)9-13-14(16)5-4-6-15(13)19-8-7-12(10-19)18(2)3/h4-6,11-12H,7-10,17H2,1-3H3. The Morgan fingerprint density at radius 2 is 2.21 bits per heavy atom. The van der Waals surface area contributed by atoms with Gasteiger partial charge in [-0.3, -0.25) is 0 Å². The summed E-state index contributed by atoms with van der Waals surface area (Å²) >= 11 is 0. The van der Waals surface area contributed by atoms with Crippen LogP contribution in [0, 0.1) is 5.82 Å². The quantitative estimate of drug-likeness (QED) is 0.902. The van der Waals surface area contributed by atoms with Crippen molar-refractivity contribution in [2.75, 3.05) is 32.1 Å². The number of anilines is 1. The van der Waals surface area contributed by atoms with Gasteiger partial charge in [0.15, 0.2) is 0 Å². The molecule has 2 atom stereocenters.